The SMILES string of the molecule is C=CC/C(C=C)=C/C=C/C. The van der Waals surface area contributed by atoms with Gasteiger partial charge in [0, 0.05) is 0 Å². The van der Waals surface area contributed by atoms with E-state index in [0.29, 0.717) is 0 Å². The molecule has 0 heterocycles. The lowest BCUT2D eigenvalue weighted by atomic mass is 10.2. The van der Waals surface area contributed by atoms with E-state index >= 15 is 0 Å². The van der Waals surface area contributed by atoms with E-state index < -0.39 is 0 Å². The summed E-state index contributed by atoms with van der Waals surface area (Å²) in [5, 5.41) is 0. The summed E-state index contributed by atoms with van der Waals surface area (Å²) < 4.78 is 0. The van der Waals surface area contributed by atoms with Crippen molar-refractivity contribution in [3.05, 3.63) is 49.1 Å². The van der Waals surface area contributed by atoms with Gasteiger partial charge in [-0.05, 0) is 18.9 Å². The molecule has 0 fully saturated rings. The highest BCUT2D eigenvalue weighted by Crippen LogP contribution is 2.02. The molecule has 0 aromatic heterocycles. The maximum absolute atomic E-state index is 3.68. The molecule has 0 bridgehead atoms. The molecular formula is C10H14. The van der Waals surface area contributed by atoms with Gasteiger partial charge in [-0.25, -0.2) is 0 Å². The van der Waals surface area contributed by atoms with Gasteiger partial charge in [0.15, 0.2) is 0 Å². The molecule has 0 rings (SSSR count). The lowest BCUT2D eigenvalue weighted by molar-refractivity contribution is 1.30. The van der Waals surface area contributed by atoms with E-state index in [-0.39, 0.29) is 0 Å². The smallest absolute Gasteiger partial charge is 0.0100 e. The van der Waals surface area contributed by atoms with Crippen LogP contribution in [0.15, 0.2) is 49.1 Å². The second-order valence-corrected chi connectivity index (χ2v) is 1.96. The molecule has 0 radical (unpaired) electrons. The van der Waals surface area contributed by atoms with Crippen LogP contribution in [0.3, 0.4) is 0 Å². The Bertz CT molecular complexity index is 159. The van der Waals surface area contributed by atoms with Crippen LogP contribution in [0.1, 0.15) is 13.3 Å². The van der Waals surface area contributed by atoms with Gasteiger partial charge in [0.1, 0.15) is 0 Å². The first kappa shape index (κ1) is 8.96. The first-order valence-corrected chi connectivity index (χ1v) is 3.40. The van der Waals surface area contributed by atoms with Crippen molar-refractivity contribution in [1.82, 2.24) is 0 Å². The molecule has 0 unspecified atom stereocenters. The molecule has 10 heavy (non-hydrogen) atoms. The van der Waals surface area contributed by atoms with Crippen molar-refractivity contribution in [2.45, 2.75) is 13.3 Å². The summed E-state index contributed by atoms with van der Waals surface area (Å²) in [4.78, 5) is 0. The summed E-state index contributed by atoms with van der Waals surface area (Å²) in [5.41, 5.74) is 1.20. The molecule has 0 aliphatic heterocycles. The molecule has 0 spiro atoms. The Balaban J connectivity index is 4.02. The molecule has 0 atom stereocenters. The first-order valence-electron chi connectivity index (χ1n) is 3.40. The van der Waals surface area contributed by atoms with Gasteiger partial charge in [-0.3, -0.25) is 0 Å². The standard InChI is InChI=1S/C10H14/c1-4-7-9-10(6-3)8-5-2/h4-7,9H,2-3,8H2,1H3/b7-4+,10-9+. The van der Waals surface area contributed by atoms with Crippen molar-refractivity contribution in [2.75, 3.05) is 0 Å². The van der Waals surface area contributed by atoms with Crippen LogP contribution in [-0.2, 0) is 0 Å². The Morgan fingerprint density at radius 1 is 1.40 bits per heavy atom. The Labute approximate surface area is 63.3 Å². The maximum Gasteiger partial charge on any atom is -0.0100 e. The normalized spacial score (nSPS) is 11.9. The third-order valence-corrected chi connectivity index (χ3v) is 1.14. The number of hydrogen-bond donors (Lipinski definition) is 0. The lowest BCUT2D eigenvalue weighted by Gasteiger charge is -1.91. The van der Waals surface area contributed by atoms with Gasteiger partial charge < -0.3 is 0 Å². The predicted octanol–water partition coefficient (Wildman–Crippen LogP) is 3.25. The van der Waals surface area contributed by atoms with Crippen LogP contribution in [0.5, 0.6) is 0 Å². The average Bonchev–Trinajstić information content (AvgIpc) is 1.98. The van der Waals surface area contributed by atoms with E-state index in [1.165, 1.54) is 5.57 Å². The molecule has 0 aromatic rings. The minimum absolute atomic E-state index is 0.897. The van der Waals surface area contributed by atoms with Gasteiger partial charge in [-0.15, -0.1) is 6.58 Å². The summed E-state index contributed by atoms with van der Waals surface area (Å²) >= 11 is 0. The van der Waals surface area contributed by atoms with E-state index in [9.17, 15) is 0 Å². The Kier molecular flexibility index (Phi) is 5.45. The minimum Gasteiger partial charge on any atom is -0.103 e. The van der Waals surface area contributed by atoms with Crippen molar-refractivity contribution in [3.63, 3.8) is 0 Å². The highest BCUT2D eigenvalue weighted by molar-refractivity contribution is 5.23. The zero-order valence-electron chi connectivity index (χ0n) is 6.51. The molecule has 0 saturated heterocycles. The number of rotatable bonds is 4. The monoisotopic (exact) mass is 134 g/mol. The van der Waals surface area contributed by atoms with Gasteiger partial charge in [-0.2, -0.15) is 0 Å². The largest absolute Gasteiger partial charge is 0.103 e. The first-order chi connectivity index (χ1) is 4.85. The van der Waals surface area contributed by atoms with Crippen LogP contribution in [0.4, 0.5) is 0 Å². The molecule has 0 aromatic carbocycles. The maximum atomic E-state index is 3.68. The van der Waals surface area contributed by atoms with E-state index in [4.69, 9.17) is 0 Å². The molecular weight excluding hydrogens is 120 g/mol. The van der Waals surface area contributed by atoms with Gasteiger partial charge in [-0.1, -0.05) is 37.0 Å². The molecule has 0 aliphatic carbocycles. The summed E-state index contributed by atoms with van der Waals surface area (Å²) in [7, 11) is 0. The summed E-state index contributed by atoms with van der Waals surface area (Å²) in [6.45, 7) is 9.32. The van der Waals surface area contributed by atoms with Crippen LogP contribution in [0.2, 0.25) is 0 Å². The van der Waals surface area contributed by atoms with Gasteiger partial charge in [0.05, 0.1) is 0 Å². The third kappa shape index (κ3) is 3.90. The van der Waals surface area contributed by atoms with Crippen molar-refractivity contribution in [1.29, 1.82) is 0 Å². The van der Waals surface area contributed by atoms with Crippen molar-refractivity contribution in [2.24, 2.45) is 0 Å². The van der Waals surface area contributed by atoms with E-state index in [2.05, 4.69) is 13.2 Å². The van der Waals surface area contributed by atoms with Crippen LogP contribution in [0, 0.1) is 0 Å². The third-order valence-electron chi connectivity index (χ3n) is 1.14. The Morgan fingerprint density at radius 3 is 2.50 bits per heavy atom. The average molecular weight is 134 g/mol. The lowest BCUT2D eigenvalue weighted by Crippen LogP contribution is -1.71. The fourth-order valence-electron chi connectivity index (χ4n) is 0.606. The fraction of sp³-hybridized carbons (Fsp3) is 0.200. The van der Waals surface area contributed by atoms with Gasteiger partial charge in [0.25, 0.3) is 0 Å². The van der Waals surface area contributed by atoms with E-state index in [1.807, 2.05) is 37.3 Å². The van der Waals surface area contributed by atoms with Crippen molar-refractivity contribution >= 4 is 0 Å². The highest BCUT2D eigenvalue weighted by atomic mass is 13.9. The molecule has 0 saturated carbocycles. The summed E-state index contributed by atoms with van der Waals surface area (Å²) in [5.74, 6) is 0. The van der Waals surface area contributed by atoms with Gasteiger partial charge in [0.2, 0.25) is 0 Å². The van der Waals surface area contributed by atoms with Crippen LogP contribution < -0.4 is 0 Å². The molecule has 0 N–H and O–H groups in total. The molecule has 54 valence electrons. The Morgan fingerprint density at radius 2 is 2.10 bits per heavy atom. The topological polar surface area (TPSA) is 0 Å². The Hall–Kier alpha value is -1.04. The zero-order chi connectivity index (χ0) is 7.82. The van der Waals surface area contributed by atoms with Gasteiger partial charge >= 0.3 is 0 Å². The van der Waals surface area contributed by atoms with Crippen LogP contribution in [0.25, 0.3) is 0 Å². The molecule has 0 nitrogen and oxygen atoms in total. The number of allylic oxidation sites excluding steroid dienone is 6. The summed E-state index contributed by atoms with van der Waals surface area (Å²) in [6.07, 6.45) is 10.6. The molecule has 0 aliphatic rings. The molecule has 0 amide bonds. The van der Waals surface area contributed by atoms with Crippen LogP contribution >= 0.6 is 0 Å². The second kappa shape index (κ2) is 6.09. The quantitative estimate of drug-likeness (QED) is 0.409. The van der Waals surface area contributed by atoms with E-state index in [0.717, 1.165) is 6.42 Å². The summed E-state index contributed by atoms with van der Waals surface area (Å²) in [6, 6.07) is 0. The number of hydrogen-bond acceptors (Lipinski definition) is 0. The van der Waals surface area contributed by atoms with Crippen LogP contribution in [-0.4, -0.2) is 0 Å². The molecule has 0 heteroatoms. The fourth-order valence-corrected chi connectivity index (χ4v) is 0.606. The second-order valence-electron chi connectivity index (χ2n) is 1.96. The van der Waals surface area contributed by atoms with Crippen molar-refractivity contribution < 1.29 is 0 Å². The minimum atomic E-state index is 0.897. The van der Waals surface area contributed by atoms with E-state index in [1.54, 1.807) is 0 Å². The predicted molar refractivity (Wildman–Crippen MR) is 47.9 cm³/mol. The highest BCUT2D eigenvalue weighted by Gasteiger charge is 1.82. The zero-order valence-corrected chi connectivity index (χ0v) is 6.51. The van der Waals surface area contributed by atoms with Crippen molar-refractivity contribution in [3.8, 4) is 0 Å².